The van der Waals surface area contributed by atoms with Crippen molar-refractivity contribution >= 4 is 0 Å². The van der Waals surface area contributed by atoms with Crippen molar-refractivity contribution in [2.45, 2.75) is 12.3 Å². The molecule has 0 fully saturated rings. The average molecular weight is 224 g/mol. The molecule has 0 bridgehead atoms. The normalized spacial score (nSPS) is 12.0. The van der Waals surface area contributed by atoms with Crippen molar-refractivity contribution in [3.05, 3.63) is 78.4 Å². The van der Waals surface area contributed by atoms with Crippen molar-refractivity contribution in [3.63, 3.8) is 0 Å². The van der Waals surface area contributed by atoms with Gasteiger partial charge in [-0.25, -0.2) is 0 Å². The number of hydrogen-bond acceptors (Lipinski definition) is 1. The Morgan fingerprint density at radius 2 is 1.65 bits per heavy atom. The highest BCUT2D eigenvalue weighted by Crippen LogP contribution is 2.33. The summed E-state index contributed by atoms with van der Waals surface area (Å²) in [5, 5.41) is 9.93. The zero-order valence-electron chi connectivity index (χ0n) is 9.71. The maximum atomic E-state index is 9.93. The molecule has 0 saturated heterocycles. The number of aromatic hydroxyl groups is 1. The molecule has 2 aromatic rings. The van der Waals surface area contributed by atoms with Gasteiger partial charge >= 0.3 is 0 Å². The minimum atomic E-state index is 0.176. The van der Waals surface area contributed by atoms with Crippen LogP contribution in [0.3, 0.4) is 0 Å². The van der Waals surface area contributed by atoms with Crippen LogP contribution in [0.1, 0.15) is 23.5 Å². The summed E-state index contributed by atoms with van der Waals surface area (Å²) in [6.45, 7) is 3.80. The van der Waals surface area contributed by atoms with Crippen LogP contribution in [0.4, 0.5) is 0 Å². The summed E-state index contributed by atoms with van der Waals surface area (Å²) in [4.78, 5) is 0. The van der Waals surface area contributed by atoms with Gasteiger partial charge in [-0.3, -0.25) is 0 Å². The van der Waals surface area contributed by atoms with Gasteiger partial charge in [-0.05, 0) is 18.1 Å². The molecule has 0 amide bonds. The zero-order chi connectivity index (χ0) is 12.1. The van der Waals surface area contributed by atoms with Gasteiger partial charge in [0.15, 0.2) is 0 Å². The van der Waals surface area contributed by atoms with Gasteiger partial charge in [-0.2, -0.15) is 0 Å². The van der Waals surface area contributed by atoms with Gasteiger partial charge in [0.25, 0.3) is 0 Å². The van der Waals surface area contributed by atoms with Crippen molar-refractivity contribution in [3.8, 4) is 5.75 Å². The molecule has 0 heterocycles. The Kier molecular flexibility index (Phi) is 3.61. The molecule has 1 N–H and O–H groups in total. The minimum Gasteiger partial charge on any atom is -0.508 e. The molecule has 17 heavy (non-hydrogen) atoms. The Morgan fingerprint density at radius 3 is 2.29 bits per heavy atom. The summed E-state index contributed by atoms with van der Waals surface area (Å²) in [6.07, 6.45) is 2.71. The van der Waals surface area contributed by atoms with E-state index in [1.807, 2.05) is 42.5 Å². The Hall–Kier alpha value is -2.02. The Morgan fingerprint density at radius 1 is 1.00 bits per heavy atom. The van der Waals surface area contributed by atoms with E-state index in [1.165, 1.54) is 5.56 Å². The van der Waals surface area contributed by atoms with Crippen LogP contribution in [0.2, 0.25) is 0 Å². The molecule has 2 aromatic carbocycles. The number of rotatable bonds is 4. The summed E-state index contributed by atoms with van der Waals surface area (Å²) in [5.41, 5.74) is 2.16. The molecular weight excluding hydrogens is 208 g/mol. The van der Waals surface area contributed by atoms with Crippen LogP contribution in [0.15, 0.2) is 67.3 Å². The van der Waals surface area contributed by atoms with Crippen LogP contribution < -0.4 is 0 Å². The van der Waals surface area contributed by atoms with Crippen LogP contribution in [-0.4, -0.2) is 5.11 Å². The molecule has 1 heteroatoms. The maximum Gasteiger partial charge on any atom is 0.119 e. The van der Waals surface area contributed by atoms with Gasteiger partial charge in [0.2, 0.25) is 0 Å². The Labute approximate surface area is 102 Å². The summed E-state index contributed by atoms with van der Waals surface area (Å²) in [5.74, 6) is 0.526. The fraction of sp³-hybridized carbons (Fsp3) is 0.125. The largest absolute Gasteiger partial charge is 0.508 e. The lowest BCUT2D eigenvalue weighted by atomic mass is 9.88. The monoisotopic (exact) mass is 224 g/mol. The van der Waals surface area contributed by atoms with Gasteiger partial charge in [0, 0.05) is 11.5 Å². The summed E-state index contributed by atoms with van der Waals surface area (Å²) < 4.78 is 0. The topological polar surface area (TPSA) is 20.2 Å². The van der Waals surface area contributed by atoms with E-state index < -0.39 is 0 Å². The first kappa shape index (κ1) is 11.5. The third-order valence-corrected chi connectivity index (χ3v) is 2.92. The van der Waals surface area contributed by atoms with E-state index in [9.17, 15) is 5.11 Å². The molecule has 0 spiro atoms. The smallest absolute Gasteiger partial charge is 0.119 e. The Bertz CT molecular complexity index is 488. The molecule has 1 nitrogen and oxygen atoms in total. The van der Waals surface area contributed by atoms with Crippen molar-refractivity contribution < 1.29 is 5.11 Å². The molecule has 2 rings (SSSR count). The standard InChI is InChI=1S/C16H16O/c1-2-8-14(13-9-4-3-5-10-13)15-11-6-7-12-16(15)17/h2-7,9-12,14,17H,1,8H2/t14-/m0/s1. The Balaban J connectivity index is 2.43. The number of phenols is 1. The van der Waals surface area contributed by atoms with Crippen LogP contribution in [0.5, 0.6) is 5.75 Å². The van der Waals surface area contributed by atoms with E-state index >= 15 is 0 Å². The first-order chi connectivity index (χ1) is 8.33. The highest BCUT2D eigenvalue weighted by Gasteiger charge is 2.15. The molecule has 0 aromatic heterocycles. The predicted octanol–water partition coefficient (Wildman–Crippen LogP) is 4.10. The van der Waals surface area contributed by atoms with Crippen LogP contribution in [0, 0.1) is 0 Å². The zero-order valence-corrected chi connectivity index (χ0v) is 9.71. The number of phenolic OH excluding ortho intramolecular Hbond substituents is 1. The third kappa shape index (κ3) is 2.56. The van der Waals surface area contributed by atoms with E-state index in [2.05, 4.69) is 18.7 Å². The second kappa shape index (κ2) is 5.35. The SMILES string of the molecule is C=CC[C@@H](c1ccccc1)c1ccccc1O. The van der Waals surface area contributed by atoms with Gasteiger partial charge < -0.3 is 5.11 Å². The fourth-order valence-electron chi connectivity index (χ4n) is 2.08. The van der Waals surface area contributed by atoms with Crippen molar-refractivity contribution in [1.82, 2.24) is 0 Å². The molecular formula is C16H16O. The van der Waals surface area contributed by atoms with Gasteiger partial charge in [-0.15, -0.1) is 6.58 Å². The van der Waals surface area contributed by atoms with Crippen LogP contribution in [-0.2, 0) is 0 Å². The molecule has 86 valence electrons. The fourth-order valence-corrected chi connectivity index (χ4v) is 2.08. The molecule has 0 radical (unpaired) electrons. The van der Waals surface area contributed by atoms with Crippen LogP contribution >= 0.6 is 0 Å². The highest BCUT2D eigenvalue weighted by molar-refractivity contribution is 5.41. The predicted molar refractivity (Wildman–Crippen MR) is 71.2 cm³/mol. The van der Waals surface area contributed by atoms with E-state index in [0.29, 0.717) is 5.75 Å². The lowest BCUT2D eigenvalue weighted by Gasteiger charge is -2.17. The van der Waals surface area contributed by atoms with Crippen LogP contribution in [0.25, 0.3) is 0 Å². The molecule has 0 aliphatic carbocycles. The van der Waals surface area contributed by atoms with Gasteiger partial charge in [-0.1, -0.05) is 54.6 Å². The first-order valence-electron chi connectivity index (χ1n) is 5.76. The molecule has 0 saturated carbocycles. The number of allylic oxidation sites excluding steroid dienone is 1. The van der Waals surface area contributed by atoms with Crippen molar-refractivity contribution in [2.24, 2.45) is 0 Å². The van der Waals surface area contributed by atoms with E-state index in [4.69, 9.17) is 0 Å². The quantitative estimate of drug-likeness (QED) is 0.775. The lowest BCUT2D eigenvalue weighted by molar-refractivity contribution is 0.465. The molecule has 0 aliphatic heterocycles. The summed E-state index contributed by atoms with van der Waals surface area (Å²) in [6, 6.07) is 17.7. The van der Waals surface area contributed by atoms with Gasteiger partial charge in [0.05, 0.1) is 0 Å². The number of para-hydroxylation sites is 1. The maximum absolute atomic E-state index is 9.93. The van der Waals surface area contributed by atoms with Crippen molar-refractivity contribution in [2.75, 3.05) is 0 Å². The molecule has 1 atom stereocenters. The van der Waals surface area contributed by atoms with E-state index in [0.717, 1.165) is 12.0 Å². The van der Waals surface area contributed by atoms with E-state index in [1.54, 1.807) is 6.07 Å². The lowest BCUT2D eigenvalue weighted by Crippen LogP contribution is -2.00. The number of hydrogen-bond donors (Lipinski definition) is 1. The van der Waals surface area contributed by atoms with E-state index in [-0.39, 0.29) is 5.92 Å². The van der Waals surface area contributed by atoms with Crippen molar-refractivity contribution in [1.29, 1.82) is 0 Å². The molecule has 0 unspecified atom stereocenters. The third-order valence-electron chi connectivity index (χ3n) is 2.92. The minimum absolute atomic E-state index is 0.176. The highest BCUT2D eigenvalue weighted by atomic mass is 16.3. The second-order valence-corrected chi connectivity index (χ2v) is 4.05. The summed E-state index contributed by atoms with van der Waals surface area (Å²) >= 11 is 0. The first-order valence-corrected chi connectivity index (χ1v) is 5.76. The van der Waals surface area contributed by atoms with Gasteiger partial charge in [0.1, 0.15) is 5.75 Å². The summed E-state index contributed by atoms with van der Waals surface area (Å²) in [7, 11) is 0. The second-order valence-electron chi connectivity index (χ2n) is 4.05. The average Bonchev–Trinajstić information content (AvgIpc) is 2.38. The molecule has 0 aliphatic rings. The number of benzene rings is 2.